The lowest BCUT2D eigenvalue weighted by molar-refractivity contribution is -0.136. The summed E-state index contributed by atoms with van der Waals surface area (Å²) in [6, 6.07) is 16.3. The lowest BCUT2D eigenvalue weighted by Crippen LogP contribution is -2.35. The minimum Gasteiger partial charge on any atom is -0.496 e. The van der Waals surface area contributed by atoms with Crippen molar-refractivity contribution in [2.75, 3.05) is 40.5 Å². The van der Waals surface area contributed by atoms with Crippen molar-refractivity contribution in [1.29, 1.82) is 0 Å². The number of rotatable bonds is 8. The number of aryl methyl sites for hydroxylation is 1. The van der Waals surface area contributed by atoms with Crippen molar-refractivity contribution in [3.63, 3.8) is 0 Å². The number of aliphatic carboxylic acids is 1. The van der Waals surface area contributed by atoms with Gasteiger partial charge in [-0.05, 0) is 46.0 Å². The fraction of sp³-hybridized carbons (Fsp3) is 0.346. The summed E-state index contributed by atoms with van der Waals surface area (Å²) in [4.78, 5) is 13.5. The van der Waals surface area contributed by atoms with Gasteiger partial charge in [-0.1, -0.05) is 36.4 Å². The summed E-state index contributed by atoms with van der Waals surface area (Å²) in [6.45, 7) is 4.15. The Morgan fingerprint density at radius 1 is 1.00 bits per heavy atom. The van der Waals surface area contributed by atoms with E-state index in [1.54, 1.807) is 14.2 Å². The van der Waals surface area contributed by atoms with Gasteiger partial charge in [-0.2, -0.15) is 0 Å². The Hall–Kier alpha value is -3.09. The Morgan fingerprint density at radius 2 is 1.66 bits per heavy atom. The van der Waals surface area contributed by atoms with Gasteiger partial charge in [-0.3, -0.25) is 9.69 Å². The van der Waals surface area contributed by atoms with Crippen LogP contribution in [0.3, 0.4) is 0 Å². The molecule has 3 aromatic rings. The van der Waals surface area contributed by atoms with Gasteiger partial charge in [0.25, 0.3) is 0 Å². The molecule has 1 heterocycles. The number of methoxy groups -OCH3 is 2. The quantitative estimate of drug-likeness (QED) is 0.567. The Bertz CT molecular complexity index is 1080. The molecule has 0 bridgehead atoms. The molecule has 0 atom stereocenters. The first kappa shape index (κ1) is 22.1. The molecular formula is C26H29NO5. The minimum absolute atomic E-state index is 0.103. The first-order valence-corrected chi connectivity index (χ1v) is 10.9. The normalized spacial score (nSPS) is 14.4. The van der Waals surface area contributed by atoms with E-state index in [0.717, 1.165) is 77.4 Å². The molecule has 1 saturated heterocycles. The third kappa shape index (κ3) is 4.71. The Kier molecular flexibility index (Phi) is 6.93. The molecular weight excluding hydrogens is 406 g/mol. The van der Waals surface area contributed by atoms with Gasteiger partial charge in [-0.25, -0.2) is 0 Å². The number of fused-ring (bicyclic) bond motifs is 1. The predicted molar refractivity (Wildman–Crippen MR) is 125 cm³/mol. The van der Waals surface area contributed by atoms with Crippen LogP contribution in [0.4, 0.5) is 0 Å². The molecule has 32 heavy (non-hydrogen) atoms. The molecule has 1 N–H and O–H groups in total. The average molecular weight is 436 g/mol. The van der Waals surface area contributed by atoms with E-state index in [1.807, 2.05) is 24.3 Å². The second kappa shape index (κ2) is 10.0. The molecule has 0 aliphatic carbocycles. The van der Waals surface area contributed by atoms with Gasteiger partial charge in [0.2, 0.25) is 0 Å². The number of carbonyl (C=O) groups is 1. The van der Waals surface area contributed by atoms with Gasteiger partial charge >= 0.3 is 5.97 Å². The Labute approximate surface area is 188 Å². The molecule has 168 valence electrons. The van der Waals surface area contributed by atoms with Crippen LogP contribution in [0.25, 0.3) is 21.9 Å². The zero-order valence-electron chi connectivity index (χ0n) is 18.6. The first-order valence-electron chi connectivity index (χ1n) is 10.9. The van der Waals surface area contributed by atoms with Crippen molar-refractivity contribution in [2.24, 2.45) is 0 Å². The number of hydrogen-bond donors (Lipinski definition) is 1. The number of benzene rings is 3. The van der Waals surface area contributed by atoms with Crippen LogP contribution in [0, 0.1) is 0 Å². The minimum atomic E-state index is -0.794. The van der Waals surface area contributed by atoms with Crippen molar-refractivity contribution in [3.8, 4) is 22.6 Å². The van der Waals surface area contributed by atoms with E-state index in [-0.39, 0.29) is 6.42 Å². The van der Waals surface area contributed by atoms with Crippen LogP contribution in [0.2, 0.25) is 0 Å². The number of morpholine rings is 1. The maximum absolute atomic E-state index is 11.1. The largest absolute Gasteiger partial charge is 0.496 e. The molecule has 1 fully saturated rings. The summed E-state index contributed by atoms with van der Waals surface area (Å²) in [6.07, 6.45) is 0.592. The molecule has 1 aliphatic heterocycles. The maximum Gasteiger partial charge on any atom is 0.303 e. The van der Waals surface area contributed by atoms with E-state index in [1.165, 1.54) is 0 Å². The van der Waals surface area contributed by atoms with Gasteiger partial charge < -0.3 is 19.3 Å². The Morgan fingerprint density at radius 3 is 2.31 bits per heavy atom. The maximum atomic E-state index is 11.1. The van der Waals surface area contributed by atoms with Crippen LogP contribution in [-0.2, 0) is 22.5 Å². The van der Waals surface area contributed by atoms with Crippen molar-refractivity contribution in [1.82, 2.24) is 4.90 Å². The highest BCUT2D eigenvalue weighted by Gasteiger charge is 2.19. The summed E-state index contributed by atoms with van der Waals surface area (Å²) in [5, 5.41) is 11.2. The monoisotopic (exact) mass is 435 g/mol. The number of carboxylic acids is 1. The van der Waals surface area contributed by atoms with Crippen LogP contribution in [-0.4, -0.2) is 56.5 Å². The molecule has 1 aliphatic rings. The number of ether oxygens (including phenoxy) is 3. The molecule has 0 amide bonds. The molecule has 0 radical (unpaired) electrons. The van der Waals surface area contributed by atoms with Crippen molar-refractivity contribution in [2.45, 2.75) is 19.4 Å². The van der Waals surface area contributed by atoms with E-state index in [0.29, 0.717) is 6.42 Å². The van der Waals surface area contributed by atoms with E-state index in [2.05, 4.69) is 29.2 Å². The van der Waals surface area contributed by atoms with Crippen molar-refractivity contribution in [3.05, 3.63) is 59.7 Å². The molecule has 6 heteroatoms. The summed E-state index contributed by atoms with van der Waals surface area (Å²) in [5.74, 6) is 0.726. The van der Waals surface area contributed by atoms with Crippen LogP contribution in [0.15, 0.2) is 48.5 Å². The smallest absolute Gasteiger partial charge is 0.303 e. The zero-order chi connectivity index (χ0) is 22.5. The SMILES string of the molecule is COc1cc(CN2CCOCC2)cc(OC)c1-c1cccc2c(CCC(=O)O)cccc12. The van der Waals surface area contributed by atoms with Crippen LogP contribution in [0.1, 0.15) is 17.5 Å². The van der Waals surface area contributed by atoms with Gasteiger partial charge in [0.1, 0.15) is 11.5 Å². The van der Waals surface area contributed by atoms with Gasteiger partial charge in [0, 0.05) is 26.1 Å². The lowest BCUT2D eigenvalue weighted by Gasteiger charge is -2.27. The zero-order valence-corrected chi connectivity index (χ0v) is 18.6. The van der Waals surface area contributed by atoms with E-state index in [4.69, 9.17) is 19.3 Å². The van der Waals surface area contributed by atoms with Crippen LogP contribution >= 0.6 is 0 Å². The average Bonchev–Trinajstić information content (AvgIpc) is 2.82. The topological polar surface area (TPSA) is 68.2 Å². The summed E-state index contributed by atoms with van der Waals surface area (Å²) >= 11 is 0. The fourth-order valence-corrected chi connectivity index (χ4v) is 4.39. The van der Waals surface area contributed by atoms with E-state index >= 15 is 0 Å². The molecule has 4 rings (SSSR count). The van der Waals surface area contributed by atoms with Crippen molar-refractivity contribution < 1.29 is 24.1 Å². The number of hydrogen-bond acceptors (Lipinski definition) is 5. The van der Waals surface area contributed by atoms with E-state index in [9.17, 15) is 4.79 Å². The van der Waals surface area contributed by atoms with Crippen LogP contribution < -0.4 is 9.47 Å². The second-order valence-corrected chi connectivity index (χ2v) is 7.98. The highest BCUT2D eigenvalue weighted by molar-refractivity contribution is 6.01. The molecule has 0 aromatic heterocycles. The lowest BCUT2D eigenvalue weighted by atomic mass is 9.92. The second-order valence-electron chi connectivity index (χ2n) is 7.98. The number of carboxylic acid groups (broad SMARTS) is 1. The fourth-order valence-electron chi connectivity index (χ4n) is 4.39. The predicted octanol–water partition coefficient (Wildman–Crippen LogP) is 4.37. The summed E-state index contributed by atoms with van der Waals surface area (Å²) in [5.41, 5.74) is 4.06. The summed E-state index contributed by atoms with van der Waals surface area (Å²) < 4.78 is 17.1. The molecule has 6 nitrogen and oxygen atoms in total. The molecule has 3 aromatic carbocycles. The van der Waals surface area contributed by atoms with Crippen molar-refractivity contribution >= 4 is 16.7 Å². The highest BCUT2D eigenvalue weighted by atomic mass is 16.5. The molecule has 0 spiro atoms. The molecule has 0 unspecified atom stereocenters. The third-order valence-electron chi connectivity index (χ3n) is 5.97. The number of nitrogens with zero attached hydrogens (tertiary/aromatic N) is 1. The van der Waals surface area contributed by atoms with Gasteiger partial charge in [0.15, 0.2) is 0 Å². The Balaban J connectivity index is 1.78. The third-order valence-corrected chi connectivity index (χ3v) is 5.97. The van der Waals surface area contributed by atoms with E-state index < -0.39 is 5.97 Å². The molecule has 0 saturated carbocycles. The van der Waals surface area contributed by atoms with Gasteiger partial charge in [0.05, 0.1) is 33.0 Å². The standard InChI is InChI=1S/C26H29NO5/c1-30-23-15-18(17-27-11-13-32-14-12-27)16-24(31-2)26(23)22-8-4-6-20-19(9-10-25(28)29)5-3-7-21(20)22/h3-8,15-16H,9-14,17H2,1-2H3,(H,28,29). The highest BCUT2D eigenvalue weighted by Crippen LogP contribution is 2.43. The summed E-state index contributed by atoms with van der Waals surface area (Å²) in [7, 11) is 3.36. The van der Waals surface area contributed by atoms with Gasteiger partial charge in [-0.15, -0.1) is 0 Å². The first-order chi connectivity index (χ1) is 15.6. The van der Waals surface area contributed by atoms with Crippen LogP contribution in [0.5, 0.6) is 11.5 Å².